The number of benzene rings is 1. The lowest BCUT2D eigenvalue weighted by Gasteiger charge is -2.17. The summed E-state index contributed by atoms with van der Waals surface area (Å²) in [6, 6.07) is 11.3. The Morgan fingerprint density at radius 3 is 2.30 bits per heavy atom. The first-order chi connectivity index (χ1) is 9.83. The molecule has 0 aliphatic carbocycles. The summed E-state index contributed by atoms with van der Waals surface area (Å²) < 4.78 is 0. The molecule has 3 nitrogen and oxygen atoms in total. The average Bonchev–Trinajstić information content (AvgIpc) is 3.00. The predicted molar refractivity (Wildman–Crippen MR) is 84.5 cm³/mol. The topological polar surface area (TPSA) is 40.7 Å². The van der Waals surface area contributed by atoms with Crippen molar-refractivity contribution in [2.24, 2.45) is 0 Å². The van der Waals surface area contributed by atoms with Gasteiger partial charge in [0.1, 0.15) is 0 Å². The molecule has 0 spiro atoms. The van der Waals surface area contributed by atoms with Crippen molar-refractivity contribution in [3.05, 3.63) is 42.1 Å². The normalized spacial score (nSPS) is 11.2. The number of hydrogen-bond acceptors (Lipinski definition) is 2. The standard InChI is InChI=1S/C17H25N3/c1-3-5-16(6-4-2)18-13-14-7-9-15(10-8-14)17-11-12-19-20-17/h7-12,16,18H,3-6,13H2,1-2H3,(H,19,20). The van der Waals surface area contributed by atoms with Gasteiger partial charge in [-0.1, -0.05) is 51.0 Å². The third-order valence-electron chi connectivity index (χ3n) is 3.63. The number of H-pyrrole nitrogens is 1. The molecule has 1 aromatic carbocycles. The molecule has 0 fully saturated rings. The van der Waals surface area contributed by atoms with E-state index in [1.165, 1.54) is 36.8 Å². The fraction of sp³-hybridized carbons (Fsp3) is 0.471. The van der Waals surface area contributed by atoms with E-state index in [4.69, 9.17) is 0 Å². The van der Waals surface area contributed by atoms with Crippen molar-refractivity contribution in [1.29, 1.82) is 0 Å². The zero-order valence-corrected chi connectivity index (χ0v) is 12.5. The van der Waals surface area contributed by atoms with Gasteiger partial charge in [0.15, 0.2) is 0 Å². The van der Waals surface area contributed by atoms with Crippen LogP contribution in [0.25, 0.3) is 11.3 Å². The zero-order valence-electron chi connectivity index (χ0n) is 12.5. The second-order valence-corrected chi connectivity index (χ2v) is 5.32. The molecule has 0 saturated heterocycles. The average molecular weight is 271 g/mol. The molecule has 2 N–H and O–H groups in total. The van der Waals surface area contributed by atoms with Crippen molar-refractivity contribution in [2.75, 3.05) is 0 Å². The van der Waals surface area contributed by atoms with Gasteiger partial charge in [-0.15, -0.1) is 0 Å². The first-order valence-electron chi connectivity index (χ1n) is 7.65. The quantitative estimate of drug-likeness (QED) is 0.757. The van der Waals surface area contributed by atoms with Crippen LogP contribution >= 0.6 is 0 Å². The Morgan fingerprint density at radius 2 is 1.75 bits per heavy atom. The lowest BCUT2D eigenvalue weighted by atomic mass is 10.1. The Kier molecular flexibility index (Phi) is 5.81. The minimum atomic E-state index is 0.650. The molecule has 3 heteroatoms. The van der Waals surface area contributed by atoms with Crippen LogP contribution in [0.1, 0.15) is 45.1 Å². The fourth-order valence-corrected chi connectivity index (χ4v) is 2.53. The molecule has 0 bridgehead atoms. The van der Waals surface area contributed by atoms with Gasteiger partial charge in [-0.2, -0.15) is 5.10 Å². The van der Waals surface area contributed by atoms with Crippen molar-refractivity contribution < 1.29 is 0 Å². The summed E-state index contributed by atoms with van der Waals surface area (Å²) in [5, 5.41) is 10.6. The first-order valence-corrected chi connectivity index (χ1v) is 7.65. The third-order valence-corrected chi connectivity index (χ3v) is 3.63. The van der Waals surface area contributed by atoms with E-state index in [9.17, 15) is 0 Å². The fourth-order valence-electron chi connectivity index (χ4n) is 2.53. The van der Waals surface area contributed by atoms with E-state index in [1.54, 1.807) is 6.20 Å². The summed E-state index contributed by atoms with van der Waals surface area (Å²) >= 11 is 0. The van der Waals surface area contributed by atoms with E-state index in [1.807, 2.05) is 6.07 Å². The predicted octanol–water partition coefficient (Wildman–Crippen LogP) is 4.14. The molecule has 0 atom stereocenters. The molecule has 108 valence electrons. The van der Waals surface area contributed by atoms with Crippen molar-refractivity contribution in [3.8, 4) is 11.3 Å². The van der Waals surface area contributed by atoms with Crippen LogP contribution in [0.2, 0.25) is 0 Å². The smallest absolute Gasteiger partial charge is 0.0650 e. The summed E-state index contributed by atoms with van der Waals surface area (Å²) in [7, 11) is 0. The highest BCUT2D eigenvalue weighted by molar-refractivity contribution is 5.58. The maximum Gasteiger partial charge on any atom is 0.0650 e. The number of hydrogen-bond donors (Lipinski definition) is 2. The molecule has 20 heavy (non-hydrogen) atoms. The Balaban J connectivity index is 1.90. The second-order valence-electron chi connectivity index (χ2n) is 5.32. The number of aromatic nitrogens is 2. The van der Waals surface area contributed by atoms with Crippen molar-refractivity contribution in [2.45, 2.75) is 52.1 Å². The lowest BCUT2D eigenvalue weighted by molar-refractivity contribution is 0.443. The van der Waals surface area contributed by atoms with Crippen LogP contribution < -0.4 is 5.32 Å². The SMILES string of the molecule is CCCC(CCC)NCc1ccc(-c2ccn[nH]2)cc1. The summed E-state index contributed by atoms with van der Waals surface area (Å²) in [6.07, 6.45) is 6.80. The van der Waals surface area contributed by atoms with Gasteiger partial charge in [0.2, 0.25) is 0 Å². The molecule has 2 rings (SSSR count). The zero-order chi connectivity index (χ0) is 14.2. The van der Waals surface area contributed by atoms with Crippen LogP contribution in [0.4, 0.5) is 0 Å². The highest BCUT2D eigenvalue weighted by Gasteiger charge is 2.06. The number of rotatable bonds is 8. The van der Waals surface area contributed by atoms with Gasteiger partial charge < -0.3 is 5.32 Å². The van der Waals surface area contributed by atoms with Crippen LogP contribution in [0.3, 0.4) is 0 Å². The van der Waals surface area contributed by atoms with E-state index < -0.39 is 0 Å². The number of nitrogens with zero attached hydrogens (tertiary/aromatic N) is 1. The number of nitrogens with one attached hydrogen (secondary N) is 2. The van der Waals surface area contributed by atoms with E-state index in [-0.39, 0.29) is 0 Å². The van der Waals surface area contributed by atoms with Crippen LogP contribution in [0, 0.1) is 0 Å². The highest BCUT2D eigenvalue weighted by Crippen LogP contribution is 2.16. The minimum absolute atomic E-state index is 0.650. The number of aromatic amines is 1. The maximum atomic E-state index is 3.98. The molecule has 1 aromatic heterocycles. The summed E-state index contributed by atoms with van der Waals surface area (Å²) in [5.41, 5.74) is 3.59. The Labute approximate surface area is 121 Å². The van der Waals surface area contributed by atoms with Gasteiger partial charge in [0.25, 0.3) is 0 Å². The summed E-state index contributed by atoms with van der Waals surface area (Å²) in [6.45, 7) is 5.46. The van der Waals surface area contributed by atoms with E-state index in [0.717, 1.165) is 12.2 Å². The molecule has 0 aliphatic rings. The lowest BCUT2D eigenvalue weighted by Crippen LogP contribution is -2.28. The van der Waals surface area contributed by atoms with Crippen molar-refractivity contribution >= 4 is 0 Å². The van der Waals surface area contributed by atoms with Gasteiger partial charge >= 0.3 is 0 Å². The molecule has 0 amide bonds. The van der Waals surface area contributed by atoms with E-state index >= 15 is 0 Å². The van der Waals surface area contributed by atoms with Crippen LogP contribution in [0.5, 0.6) is 0 Å². The van der Waals surface area contributed by atoms with Gasteiger partial charge in [0.05, 0.1) is 5.69 Å². The van der Waals surface area contributed by atoms with Gasteiger partial charge in [0, 0.05) is 18.8 Å². The van der Waals surface area contributed by atoms with Gasteiger partial charge in [-0.25, -0.2) is 0 Å². The van der Waals surface area contributed by atoms with Crippen molar-refractivity contribution in [3.63, 3.8) is 0 Å². The van der Waals surface area contributed by atoms with Crippen LogP contribution in [-0.2, 0) is 6.54 Å². The third kappa shape index (κ3) is 4.20. The molecule has 2 aromatic rings. The van der Waals surface area contributed by atoms with Crippen LogP contribution in [0.15, 0.2) is 36.5 Å². The Morgan fingerprint density at radius 1 is 1.05 bits per heavy atom. The van der Waals surface area contributed by atoms with Crippen LogP contribution in [-0.4, -0.2) is 16.2 Å². The van der Waals surface area contributed by atoms with Crippen molar-refractivity contribution in [1.82, 2.24) is 15.5 Å². The summed E-state index contributed by atoms with van der Waals surface area (Å²) in [5.74, 6) is 0. The Hall–Kier alpha value is -1.61. The minimum Gasteiger partial charge on any atom is -0.310 e. The van der Waals surface area contributed by atoms with Gasteiger partial charge in [-0.05, 0) is 30.0 Å². The molecule has 0 unspecified atom stereocenters. The second kappa shape index (κ2) is 7.85. The largest absolute Gasteiger partial charge is 0.310 e. The van der Waals surface area contributed by atoms with E-state index in [0.29, 0.717) is 6.04 Å². The molecular weight excluding hydrogens is 246 g/mol. The molecule has 1 heterocycles. The Bertz CT molecular complexity index is 467. The van der Waals surface area contributed by atoms with Gasteiger partial charge in [-0.3, -0.25) is 5.10 Å². The summed E-state index contributed by atoms with van der Waals surface area (Å²) in [4.78, 5) is 0. The molecular formula is C17H25N3. The molecule has 0 saturated carbocycles. The van der Waals surface area contributed by atoms with E-state index in [2.05, 4.69) is 53.6 Å². The monoisotopic (exact) mass is 271 g/mol. The highest BCUT2D eigenvalue weighted by atomic mass is 15.1. The first kappa shape index (κ1) is 14.8. The molecule has 0 radical (unpaired) electrons. The maximum absolute atomic E-state index is 3.98. The molecule has 0 aliphatic heterocycles.